The first-order valence-corrected chi connectivity index (χ1v) is 4.76. The second-order valence-corrected chi connectivity index (χ2v) is 3.28. The van der Waals surface area contributed by atoms with Gasteiger partial charge in [-0.1, -0.05) is 0 Å². The highest BCUT2D eigenvalue weighted by Crippen LogP contribution is 2.24. The first kappa shape index (κ1) is 10.8. The van der Waals surface area contributed by atoms with Gasteiger partial charge in [-0.3, -0.25) is 0 Å². The Bertz CT molecular complexity index is 308. The topological polar surface area (TPSA) is 67.3 Å². The SMILES string of the molecule is CCn1nc(C)c(N)c1N(C)CCO. The highest BCUT2D eigenvalue weighted by Gasteiger charge is 2.14. The third-order valence-electron chi connectivity index (χ3n) is 2.24. The van der Waals surface area contributed by atoms with Crippen LogP contribution >= 0.6 is 0 Å². The molecular formula is C9H18N4O. The molecule has 0 bridgehead atoms. The van der Waals surface area contributed by atoms with Crippen molar-refractivity contribution in [1.29, 1.82) is 0 Å². The molecule has 1 aromatic heterocycles. The average molecular weight is 198 g/mol. The molecule has 0 unspecified atom stereocenters. The quantitative estimate of drug-likeness (QED) is 0.726. The molecule has 0 aliphatic carbocycles. The summed E-state index contributed by atoms with van der Waals surface area (Å²) in [4.78, 5) is 1.92. The van der Waals surface area contributed by atoms with Gasteiger partial charge in [0.05, 0.1) is 18.0 Å². The summed E-state index contributed by atoms with van der Waals surface area (Å²) >= 11 is 0. The maximum absolute atomic E-state index is 8.85. The van der Waals surface area contributed by atoms with Crippen LogP contribution in [0, 0.1) is 6.92 Å². The number of aliphatic hydroxyl groups excluding tert-OH is 1. The molecule has 1 aromatic rings. The molecular weight excluding hydrogens is 180 g/mol. The fraction of sp³-hybridized carbons (Fsp3) is 0.667. The van der Waals surface area contributed by atoms with Crippen molar-refractivity contribution in [3.63, 3.8) is 0 Å². The Morgan fingerprint density at radius 2 is 2.21 bits per heavy atom. The molecule has 0 spiro atoms. The molecule has 0 aliphatic heterocycles. The molecule has 0 saturated heterocycles. The van der Waals surface area contributed by atoms with Gasteiger partial charge in [0.25, 0.3) is 0 Å². The summed E-state index contributed by atoms with van der Waals surface area (Å²) in [6.45, 7) is 5.36. The van der Waals surface area contributed by atoms with E-state index in [0.29, 0.717) is 12.2 Å². The molecule has 80 valence electrons. The lowest BCUT2D eigenvalue weighted by Crippen LogP contribution is -2.24. The monoisotopic (exact) mass is 198 g/mol. The van der Waals surface area contributed by atoms with Crippen molar-refractivity contribution in [1.82, 2.24) is 9.78 Å². The third-order valence-corrected chi connectivity index (χ3v) is 2.24. The van der Waals surface area contributed by atoms with Crippen molar-refractivity contribution in [2.75, 3.05) is 30.8 Å². The Balaban J connectivity index is 3.04. The number of nitrogens with two attached hydrogens (primary N) is 1. The van der Waals surface area contributed by atoms with Crippen LogP contribution in [0.1, 0.15) is 12.6 Å². The summed E-state index contributed by atoms with van der Waals surface area (Å²) in [6, 6.07) is 0. The molecule has 1 heterocycles. The average Bonchev–Trinajstić information content (AvgIpc) is 2.43. The predicted octanol–water partition coefficient (Wildman–Crippen LogP) is 0.222. The lowest BCUT2D eigenvalue weighted by Gasteiger charge is -2.19. The summed E-state index contributed by atoms with van der Waals surface area (Å²) in [7, 11) is 1.90. The highest BCUT2D eigenvalue weighted by molar-refractivity contribution is 5.65. The van der Waals surface area contributed by atoms with Gasteiger partial charge < -0.3 is 15.7 Å². The maximum atomic E-state index is 8.85. The van der Waals surface area contributed by atoms with E-state index in [4.69, 9.17) is 10.8 Å². The molecule has 5 nitrogen and oxygen atoms in total. The van der Waals surface area contributed by atoms with E-state index in [1.165, 1.54) is 0 Å². The van der Waals surface area contributed by atoms with Gasteiger partial charge in [-0.15, -0.1) is 0 Å². The van der Waals surface area contributed by atoms with Crippen molar-refractivity contribution in [2.45, 2.75) is 20.4 Å². The van der Waals surface area contributed by atoms with Gasteiger partial charge in [-0.25, -0.2) is 4.68 Å². The minimum absolute atomic E-state index is 0.115. The van der Waals surface area contributed by atoms with Crippen LogP contribution in [0.3, 0.4) is 0 Å². The Kier molecular flexibility index (Phi) is 3.35. The first-order valence-electron chi connectivity index (χ1n) is 4.76. The molecule has 0 fully saturated rings. The van der Waals surface area contributed by atoms with Gasteiger partial charge in [-0.2, -0.15) is 5.10 Å². The third kappa shape index (κ3) is 1.82. The summed E-state index contributed by atoms with van der Waals surface area (Å²) in [5, 5.41) is 13.1. The van der Waals surface area contributed by atoms with Crippen LogP contribution in [0.25, 0.3) is 0 Å². The number of anilines is 2. The maximum Gasteiger partial charge on any atom is 0.150 e. The Morgan fingerprint density at radius 3 is 2.71 bits per heavy atom. The number of nitrogen functional groups attached to an aromatic ring is 1. The van der Waals surface area contributed by atoms with Gasteiger partial charge >= 0.3 is 0 Å². The van der Waals surface area contributed by atoms with Crippen LogP contribution < -0.4 is 10.6 Å². The molecule has 5 heteroatoms. The van der Waals surface area contributed by atoms with Crippen LogP contribution in [0.2, 0.25) is 0 Å². The van der Waals surface area contributed by atoms with Crippen molar-refractivity contribution in [3.05, 3.63) is 5.69 Å². The number of aliphatic hydroxyl groups is 1. The van der Waals surface area contributed by atoms with Gasteiger partial charge in [0.1, 0.15) is 5.82 Å². The fourth-order valence-corrected chi connectivity index (χ4v) is 1.46. The van der Waals surface area contributed by atoms with E-state index < -0.39 is 0 Å². The van der Waals surface area contributed by atoms with Gasteiger partial charge in [-0.05, 0) is 13.8 Å². The zero-order chi connectivity index (χ0) is 10.7. The molecule has 0 atom stereocenters. The van der Waals surface area contributed by atoms with E-state index in [-0.39, 0.29) is 6.61 Å². The fourth-order valence-electron chi connectivity index (χ4n) is 1.46. The van der Waals surface area contributed by atoms with E-state index in [1.807, 2.05) is 30.5 Å². The summed E-state index contributed by atoms with van der Waals surface area (Å²) < 4.78 is 1.85. The van der Waals surface area contributed by atoms with Gasteiger partial charge in [0.2, 0.25) is 0 Å². The molecule has 3 N–H and O–H groups in total. The predicted molar refractivity (Wildman–Crippen MR) is 57.4 cm³/mol. The molecule has 0 amide bonds. The molecule has 1 rings (SSSR count). The first-order chi connectivity index (χ1) is 6.61. The summed E-state index contributed by atoms with van der Waals surface area (Å²) in [5.74, 6) is 0.888. The number of hydrogen-bond donors (Lipinski definition) is 2. The number of aromatic nitrogens is 2. The van der Waals surface area contributed by atoms with Crippen LogP contribution in [0.4, 0.5) is 11.5 Å². The smallest absolute Gasteiger partial charge is 0.150 e. The zero-order valence-electron chi connectivity index (χ0n) is 8.99. The molecule has 0 saturated carbocycles. The van der Waals surface area contributed by atoms with Gasteiger partial charge in [0, 0.05) is 20.1 Å². The second-order valence-electron chi connectivity index (χ2n) is 3.28. The van der Waals surface area contributed by atoms with Crippen LogP contribution in [0.5, 0.6) is 0 Å². The Morgan fingerprint density at radius 1 is 1.57 bits per heavy atom. The van der Waals surface area contributed by atoms with E-state index in [0.717, 1.165) is 18.1 Å². The minimum Gasteiger partial charge on any atom is -0.395 e. The van der Waals surface area contributed by atoms with Crippen molar-refractivity contribution >= 4 is 11.5 Å². The number of likely N-dealkylation sites (N-methyl/N-ethyl adjacent to an activating group) is 1. The number of aryl methyl sites for hydroxylation is 2. The molecule has 0 aliphatic rings. The normalized spacial score (nSPS) is 10.6. The van der Waals surface area contributed by atoms with Crippen molar-refractivity contribution in [2.24, 2.45) is 0 Å². The molecule has 0 radical (unpaired) electrons. The van der Waals surface area contributed by atoms with E-state index in [9.17, 15) is 0 Å². The second kappa shape index (κ2) is 4.32. The standard InChI is InChI=1S/C9H18N4O/c1-4-13-9(12(3)5-6-14)8(10)7(2)11-13/h14H,4-6,10H2,1-3H3. The van der Waals surface area contributed by atoms with Crippen LogP contribution in [-0.2, 0) is 6.54 Å². The highest BCUT2D eigenvalue weighted by atomic mass is 16.3. The number of nitrogens with zero attached hydrogens (tertiary/aromatic N) is 3. The van der Waals surface area contributed by atoms with Crippen molar-refractivity contribution in [3.8, 4) is 0 Å². The van der Waals surface area contributed by atoms with Gasteiger partial charge in [0.15, 0.2) is 0 Å². The van der Waals surface area contributed by atoms with Crippen molar-refractivity contribution < 1.29 is 5.11 Å². The summed E-state index contributed by atoms with van der Waals surface area (Å²) in [5.41, 5.74) is 7.44. The van der Waals surface area contributed by atoms with E-state index in [1.54, 1.807) is 0 Å². The molecule has 0 aromatic carbocycles. The number of hydrogen-bond acceptors (Lipinski definition) is 4. The molecule has 14 heavy (non-hydrogen) atoms. The zero-order valence-corrected chi connectivity index (χ0v) is 8.99. The summed E-state index contributed by atoms with van der Waals surface area (Å²) in [6.07, 6.45) is 0. The van der Waals surface area contributed by atoms with Crippen LogP contribution in [-0.4, -0.2) is 35.1 Å². The lowest BCUT2D eigenvalue weighted by atomic mass is 10.3. The van der Waals surface area contributed by atoms with Crippen LogP contribution in [0.15, 0.2) is 0 Å². The minimum atomic E-state index is 0.115. The van der Waals surface area contributed by atoms with E-state index in [2.05, 4.69) is 5.10 Å². The Hall–Kier alpha value is -1.23. The Labute approximate surface area is 84.1 Å². The lowest BCUT2D eigenvalue weighted by molar-refractivity contribution is 0.303. The largest absolute Gasteiger partial charge is 0.395 e. The van der Waals surface area contributed by atoms with E-state index >= 15 is 0 Å². The number of rotatable bonds is 4.